The molecule has 1 aliphatic heterocycles. The number of hydrogen-bond acceptors (Lipinski definition) is 3. The van der Waals surface area contributed by atoms with Crippen LogP contribution in [0.4, 0.5) is 0 Å². The predicted molar refractivity (Wildman–Crippen MR) is 100 cm³/mol. The summed E-state index contributed by atoms with van der Waals surface area (Å²) in [6.45, 7) is 13.0. The molecule has 5 heteroatoms. The van der Waals surface area contributed by atoms with E-state index in [1.54, 1.807) is 11.3 Å². The molecule has 4 nitrogen and oxygen atoms in total. The van der Waals surface area contributed by atoms with E-state index in [1.165, 1.54) is 17.8 Å². The van der Waals surface area contributed by atoms with Crippen molar-refractivity contribution in [1.82, 2.24) is 15.2 Å². The smallest absolute Gasteiger partial charge is 0.193 e. The largest absolute Gasteiger partial charge is 0.357 e. The number of aliphatic imine (C=N–C) groups is 1. The summed E-state index contributed by atoms with van der Waals surface area (Å²) in [7, 11) is 0. The summed E-state index contributed by atoms with van der Waals surface area (Å²) < 4.78 is 0. The van der Waals surface area contributed by atoms with Crippen molar-refractivity contribution in [3.05, 3.63) is 16.1 Å². The third kappa shape index (κ3) is 6.13. The van der Waals surface area contributed by atoms with E-state index in [-0.39, 0.29) is 0 Å². The van der Waals surface area contributed by atoms with Crippen LogP contribution >= 0.6 is 11.3 Å². The maximum absolute atomic E-state index is 4.86. The number of unbranched alkanes of at least 4 members (excludes halogenated alkanes) is 1. The summed E-state index contributed by atoms with van der Waals surface area (Å²) in [4.78, 5) is 11.8. The molecular formula is C18H32N4S. The summed E-state index contributed by atoms with van der Waals surface area (Å²) in [5.41, 5.74) is 1.14. The van der Waals surface area contributed by atoms with Gasteiger partial charge in [0.05, 0.1) is 5.01 Å². The Morgan fingerprint density at radius 3 is 2.70 bits per heavy atom. The molecule has 2 unspecified atom stereocenters. The van der Waals surface area contributed by atoms with Crippen LogP contribution < -0.4 is 5.32 Å². The van der Waals surface area contributed by atoms with Crippen molar-refractivity contribution in [2.45, 2.75) is 53.4 Å². The van der Waals surface area contributed by atoms with E-state index < -0.39 is 0 Å². The molecule has 0 aromatic carbocycles. The van der Waals surface area contributed by atoms with Crippen molar-refractivity contribution in [3.8, 4) is 0 Å². The number of nitrogens with one attached hydrogen (secondary N) is 1. The van der Waals surface area contributed by atoms with Gasteiger partial charge in [0, 0.05) is 37.3 Å². The quantitative estimate of drug-likeness (QED) is 0.489. The molecule has 0 amide bonds. The molecule has 1 N–H and O–H groups in total. The minimum Gasteiger partial charge on any atom is -0.357 e. The van der Waals surface area contributed by atoms with E-state index in [2.05, 4.69) is 48.3 Å². The number of aromatic nitrogens is 1. The highest BCUT2D eigenvalue weighted by Crippen LogP contribution is 2.21. The summed E-state index contributed by atoms with van der Waals surface area (Å²) in [5.74, 6) is 2.63. The zero-order valence-corrected chi connectivity index (χ0v) is 16.0. The molecule has 23 heavy (non-hydrogen) atoms. The molecule has 1 saturated heterocycles. The fourth-order valence-electron chi connectivity index (χ4n) is 3.35. The normalized spacial score (nSPS) is 22.4. The number of piperidine rings is 1. The van der Waals surface area contributed by atoms with Crippen LogP contribution in [0.5, 0.6) is 0 Å². The van der Waals surface area contributed by atoms with Crippen molar-refractivity contribution < 1.29 is 0 Å². The minimum absolute atomic E-state index is 0.760. The van der Waals surface area contributed by atoms with E-state index in [9.17, 15) is 0 Å². The van der Waals surface area contributed by atoms with Gasteiger partial charge in [-0.15, -0.1) is 11.3 Å². The minimum atomic E-state index is 0.760. The zero-order chi connectivity index (χ0) is 16.7. The van der Waals surface area contributed by atoms with Crippen molar-refractivity contribution >= 4 is 17.3 Å². The molecule has 2 rings (SSSR count). The van der Waals surface area contributed by atoms with Crippen LogP contribution in [-0.4, -0.2) is 42.0 Å². The monoisotopic (exact) mass is 336 g/mol. The molecule has 1 aromatic heterocycles. The highest BCUT2D eigenvalue weighted by Gasteiger charge is 2.23. The first kappa shape index (κ1) is 18.2. The van der Waals surface area contributed by atoms with Crippen LogP contribution in [0, 0.1) is 18.8 Å². The van der Waals surface area contributed by atoms with Crippen LogP contribution in [0.25, 0.3) is 0 Å². The number of likely N-dealkylation sites (tertiary alicyclic amines) is 1. The molecule has 2 heterocycles. The van der Waals surface area contributed by atoms with Crippen LogP contribution in [-0.2, 0) is 6.42 Å². The third-order valence-corrected chi connectivity index (χ3v) is 5.26. The fraction of sp³-hybridized carbons (Fsp3) is 0.778. The van der Waals surface area contributed by atoms with Gasteiger partial charge in [-0.25, -0.2) is 4.98 Å². The molecule has 0 saturated carbocycles. The Morgan fingerprint density at radius 1 is 1.35 bits per heavy atom. The van der Waals surface area contributed by atoms with E-state index in [1.807, 2.05) is 0 Å². The SMILES string of the molecule is CCNC(=NCCCCc1nc(C)cs1)N1CC(C)CC(C)C1. The maximum atomic E-state index is 4.86. The zero-order valence-electron chi connectivity index (χ0n) is 15.1. The van der Waals surface area contributed by atoms with Gasteiger partial charge in [0.25, 0.3) is 0 Å². The highest BCUT2D eigenvalue weighted by molar-refractivity contribution is 7.09. The summed E-state index contributed by atoms with van der Waals surface area (Å²) in [6, 6.07) is 0. The molecule has 0 aliphatic carbocycles. The Kier molecular flexibility index (Phi) is 7.34. The van der Waals surface area contributed by atoms with Crippen molar-refractivity contribution in [3.63, 3.8) is 0 Å². The lowest BCUT2D eigenvalue weighted by molar-refractivity contribution is 0.208. The van der Waals surface area contributed by atoms with Crippen LogP contribution in [0.15, 0.2) is 10.4 Å². The van der Waals surface area contributed by atoms with E-state index in [0.717, 1.165) is 62.5 Å². The molecule has 1 aliphatic rings. The predicted octanol–water partition coefficient (Wildman–Crippen LogP) is 3.72. The second-order valence-corrected chi connectivity index (χ2v) is 7.87. The molecule has 0 radical (unpaired) electrons. The molecule has 0 spiro atoms. The van der Waals surface area contributed by atoms with Gasteiger partial charge in [0.1, 0.15) is 0 Å². The first-order chi connectivity index (χ1) is 11.1. The maximum Gasteiger partial charge on any atom is 0.193 e. The van der Waals surface area contributed by atoms with E-state index in [4.69, 9.17) is 4.99 Å². The average molecular weight is 337 g/mol. The van der Waals surface area contributed by atoms with Gasteiger partial charge in [-0.2, -0.15) is 0 Å². The lowest BCUT2D eigenvalue weighted by atomic mass is 9.92. The fourth-order valence-corrected chi connectivity index (χ4v) is 4.17. The van der Waals surface area contributed by atoms with Gasteiger partial charge in [0.2, 0.25) is 0 Å². The van der Waals surface area contributed by atoms with Crippen molar-refractivity contribution in [1.29, 1.82) is 0 Å². The summed E-state index contributed by atoms with van der Waals surface area (Å²) in [6.07, 6.45) is 4.72. The Hall–Kier alpha value is -1.10. The van der Waals surface area contributed by atoms with Crippen LogP contribution in [0.1, 0.15) is 50.7 Å². The van der Waals surface area contributed by atoms with Crippen LogP contribution in [0.2, 0.25) is 0 Å². The lowest BCUT2D eigenvalue weighted by Gasteiger charge is -2.37. The van der Waals surface area contributed by atoms with E-state index in [0.29, 0.717) is 0 Å². The van der Waals surface area contributed by atoms with Crippen LogP contribution in [0.3, 0.4) is 0 Å². The van der Waals surface area contributed by atoms with E-state index >= 15 is 0 Å². The second-order valence-electron chi connectivity index (χ2n) is 6.93. The molecular weight excluding hydrogens is 304 g/mol. The first-order valence-corrected chi connectivity index (χ1v) is 9.90. The number of aryl methyl sites for hydroxylation is 2. The van der Waals surface area contributed by atoms with Gasteiger partial charge < -0.3 is 10.2 Å². The Bertz CT molecular complexity index is 487. The van der Waals surface area contributed by atoms with Gasteiger partial charge in [-0.3, -0.25) is 4.99 Å². The third-order valence-electron chi connectivity index (χ3n) is 4.23. The lowest BCUT2D eigenvalue weighted by Crippen LogP contribution is -2.48. The van der Waals surface area contributed by atoms with Crippen molar-refractivity contribution in [2.75, 3.05) is 26.2 Å². The average Bonchev–Trinajstić information content (AvgIpc) is 2.90. The first-order valence-electron chi connectivity index (χ1n) is 9.02. The molecule has 0 bridgehead atoms. The summed E-state index contributed by atoms with van der Waals surface area (Å²) in [5, 5.41) is 6.87. The molecule has 2 atom stereocenters. The summed E-state index contributed by atoms with van der Waals surface area (Å²) >= 11 is 1.78. The molecule has 130 valence electrons. The van der Waals surface area contributed by atoms with Gasteiger partial charge in [-0.05, 0) is 51.4 Å². The number of thiazole rings is 1. The Labute approximate surface area is 145 Å². The molecule has 1 fully saturated rings. The number of nitrogens with zero attached hydrogens (tertiary/aromatic N) is 3. The number of guanidine groups is 1. The van der Waals surface area contributed by atoms with Gasteiger partial charge >= 0.3 is 0 Å². The number of rotatable bonds is 6. The van der Waals surface area contributed by atoms with Gasteiger partial charge in [0.15, 0.2) is 5.96 Å². The topological polar surface area (TPSA) is 40.5 Å². The van der Waals surface area contributed by atoms with Gasteiger partial charge in [-0.1, -0.05) is 13.8 Å². The second kappa shape index (κ2) is 9.26. The highest BCUT2D eigenvalue weighted by atomic mass is 32.1. The molecule has 1 aromatic rings. The van der Waals surface area contributed by atoms with Crippen molar-refractivity contribution in [2.24, 2.45) is 16.8 Å². The Morgan fingerprint density at radius 2 is 2.09 bits per heavy atom. The Balaban J connectivity index is 1.78. The number of hydrogen-bond donors (Lipinski definition) is 1. The standard InChI is InChI=1S/C18H32N4S/c1-5-19-18(22-11-14(2)10-15(3)12-22)20-9-7-6-8-17-21-16(4)13-23-17/h13-15H,5-12H2,1-4H3,(H,19,20).